The first-order chi connectivity index (χ1) is 14.2. The maximum absolute atomic E-state index is 13.0. The molecule has 154 valence electrons. The lowest BCUT2D eigenvalue weighted by molar-refractivity contribution is -0.139. The van der Waals surface area contributed by atoms with Crippen LogP contribution in [0.15, 0.2) is 60.2 Å². The minimum absolute atomic E-state index is 0.182. The Labute approximate surface area is 174 Å². The number of hydrogen-bond donors (Lipinski definition) is 0. The average molecular weight is 394 g/mol. The lowest BCUT2D eigenvalue weighted by atomic mass is 9.93. The molecule has 4 nitrogen and oxygen atoms in total. The number of rotatable bonds is 9. The second-order valence-corrected chi connectivity index (χ2v) is 7.44. The zero-order chi connectivity index (χ0) is 20.5. The van der Waals surface area contributed by atoms with E-state index in [0.29, 0.717) is 19.6 Å². The number of hydrogen-bond acceptors (Lipinski definition) is 4. The van der Waals surface area contributed by atoms with Gasteiger partial charge in [-0.05, 0) is 48.2 Å². The Morgan fingerprint density at radius 1 is 1.07 bits per heavy atom. The highest BCUT2D eigenvalue weighted by Crippen LogP contribution is 2.28. The van der Waals surface area contributed by atoms with Crippen molar-refractivity contribution in [3.05, 3.63) is 71.3 Å². The second kappa shape index (κ2) is 10.8. The van der Waals surface area contributed by atoms with Gasteiger partial charge in [0.2, 0.25) is 0 Å². The lowest BCUT2D eigenvalue weighted by Crippen LogP contribution is -2.35. The van der Waals surface area contributed by atoms with E-state index in [1.54, 1.807) is 7.11 Å². The van der Waals surface area contributed by atoms with Crippen LogP contribution < -0.4 is 4.74 Å². The summed E-state index contributed by atoms with van der Waals surface area (Å²) >= 11 is 0. The third-order valence-corrected chi connectivity index (χ3v) is 5.40. The summed E-state index contributed by atoms with van der Waals surface area (Å²) in [6.07, 6.45) is 3.90. The summed E-state index contributed by atoms with van der Waals surface area (Å²) in [5.74, 6) is 0.649. The molecule has 0 amide bonds. The van der Waals surface area contributed by atoms with Gasteiger partial charge in [-0.15, -0.1) is 0 Å². The van der Waals surface area contributed by atoms with E-state index in [-0.39, 0.29) is 5.97 Å². The molecule has 0 saturated carbocycles. The van der Waals surface area contributed by atoms with Crippen LogP contribution in [0.5, 0.6) is 5.75 Å². The molecule has 1 aliphatic heterocycles. The third-order valence-electron chi connectivity index (χ3n) is 5.40. The van der Waals surface area contributed by atoms with Gasteiger partial charge in [-0.3, -0.25) is 4.90 Å². The van der Waals surface area contributed by atoms with E-state index in [1.807, 2.05) is 42.5 Å². The van der Waals surface area contributed by atoms with Crippen LogP contribution in [0.1, 0.15) is 37.3 Å². The van der Waals surface area contributed by atoms with Gasteiger partial charge in [-0.1, -0.05) is 55.8 Å². The van der Waals surface area contributed by atoms with Crippen LogP contribution in [0.3, 0.4) is 0 Å². The average Bonchev–Trinajstić information content (AvgIpc) is 2.78. The first-order valence-electron chi connectivity index (χ1n) is 10.5. The van der Waals surface area contributed by atoms with Gasteiger partial charge in [0.05, 0.1) is 19.3 Å². The molecule has 0 aromatic heterocycles. The number of nitrogens with zero attached hydrogens (tertiary/aromatic N) is 1. The molecule has 1 aliphatic rings. The normalized spacial score (nSPS) is 14.7. The minimum Gasteiger partial charge on any atom is -0.497 e. The van der Waals surface area contributed by atoms with Crippen LogP contribution in [0, 0.1) is 0 Å². The Morgan fingerprint density at radius 3 is 2.52 bits per heavy atom. The molecule has 0 spiro atoms. The summed E-state index contributed by atoms with van der Waals surface area (Å²) in [6.45, 7) is 5.27. The van der Waals surface area contributed by atoms with Crippen LogP contribution in [0.4, 0.5) is 0 Å². The van der Waals surface area contributed by atoms with E-state index in [9.17, 15) is 4.79 Å². The Balaban J connectivity index is 1.67. The molecule has 3 rings (SSSR count). The fourth-order valence-corrected chi connectivity index (χ4v) is 3.68. The van der Waals surface area contributed by atoms with Crippen molar-refractivity contribution in [3.63, 3.8) is 0 Å². The van der Waals surface area contributed by atoms with E-state index in [2.05, 4.69) is 24.0 Å². The zero-order valence-corrected chi connectivity index (χ0v) is 17.5. The van der Waals surface area contributed by atoms with Gasteiger partial charge < -0.3 is 9.47 Å². The predicted molar refractivity (Wildman–Crippen MR) is 117 cm³/mol. The molecular weight excluding hydrogens is 362 g/mol. The molecule has 0 aliphatic carbocycles. The molecule has 0 atom stereocenters. The summed E-state index contributed by atoms with van der Waals surface area (Å²) in [6, 6.07) is 18.1. The summed E-state index contributed by atoms with van der Waals surface area (Å²) in [7, 11) is 1.66. The molecule has 2 aromatic rings. The topological polar surface area (TPSA) is 38.8 Å². The fourth-order valence-electron chi connectivity index (χ4n) is 3.68. The van der Waals surface area contributed by atoms with Crippen molar-refractivity contribution in [2.75, 3.05) is 33.4 Å². The Kier molecular flexibility index (Phi) is 7.88. The summed E-state index contributed by atoms with van der Waals surface area (Å²) in [5.41, 5.74) is 4.20. The van der Waals surface area contributed by atoms with Crippen molar-refractivity contribution in [2.45, 2.75) is 32.6 Å². The van der Waals surface area contributed by atoms with Crippen LogP contribution in [0.25, 0.3) is 5.57 Å². The van der Waals surface area contributed by atoms with Gasteiger partial charge >= 0.3 is 5.97 Å². The zero-order valence-electron chi connectivity index (χ0n) is 17.5. The largest absolute Gasteiger partial charge is 0.497 e. The quantitative estimate of drug-likeness (QED) is 0.577. The van der Waals surface area contributed by atoms with E-state index in [1.165, 1.54) is 0 Å². The summed E-state index contributed by atoms with van der Waals surface area (Å²) in [4.78, 5) is 15.3. The minimum atomic E-state index is -0.182. The second-order valence-electron chi connectivity index (χ2n) is 7.44. The predicted octanol–water partition coefficient (Wildman–Crippen LogP) is 4.74. The molecule has 0 fully saturated rings. The van der Waals surface area contributed by atoms with Crippen molar-refractivity contribution in [1.29, 1.82) is 0 Å². The Bertz CT molecular complexity index is 812. The summed E-state index contributed by atoms with van der Waals surface area (Å²) in [5, 5.41) is 0. The molecule has 0 radical (unpaired) electrons. The number of esters is 1. The summed E-state index contributed by atoms with van der Waals surface area (Å²) < 4.78 is 10.9. The van der Waals surface area contributed by atoms with Gasteiger partial charge in [-0.25, -0.2) is 4.79 Å². The first kappa shape index (κ1) is 21.1. The van der Waals surface area contributed by atoms with Crippen LogP contribution >= 0.6 is 0 Å². The molecule has 0 saturated heterocycles. The number of carbonyl (C=O) groups is 1. The van der Waals surface area contributed by atoms with Gasteiger partial charge in [0.25, 0.3) is 0 Å². The smallest absolute Gasteiger partial charge is 0.335 e. The van der Waals surface area contributed by atoms with Gasteiger partial charge in [-0.2, -0.15) is 0 Å². The number of unbranched alkanes of at least 4 members (excludes halogenated alkanes) is 1. The van der Waals surface area contributed by atoms with Crippen LogP contribution in [-0.2, 0) is 16.0 Å². The standard InChI is InChI=1S/C25H31NO3/c1-3-4-16-26-17-14-23(21-8-6-5-7-9-21)24(19-26)25(27)29-18-15-20-10-12-22(28-2)13-11-20/h5-13H,3-4,14-19H2,1-2H3. The van der Waals surface area contributed by atoms with Crippen molar-refractivity contribution >= 4 is 11.5 Å². The molecule has 4 heteroatoms. The fraction of sp³-hybridized carbons (Fsp3) is 0.400. The molecular formula is C25H31NO3. The molecule has 0 bridgehead atoms. The molecule has 2 aromatic carbocycles. The Hall–Kier alpha value is -2.59. The highest BCUT2D eigenvalue weighted by Gasteiger charge is 2.25. The monoisotopic (exact) mass is 393 g/mol. The van der Waals surface area contributed by atoms with Gasteiger partial charge in [0.15, 0.2) is 0 Å². The van der Waals surface area contributed by atoms with Crippen molar-refractivity contribution in [1.82, 2.24) is 4.90 Å². The highest BCUT2D eigenvalue weighted by molar-refractivity contribution is 5.98. The highest BCUT2D eigenvalue weighted by atomic mass is 16.5. The number of carbonyl (C=O) groups excluding carboxylic acids is 1. The first-order valence-corrected chi connectivity index (χ1v) is 10.5. The molecule has 1 heterocycles. The molecule has 0 unspecified atom stereocenters. The molecule has 29 heavy (non-hydrogen) atoms. The van der Waals surface area contributed by atoms with Crippen LogP contribution in [-0.4, -0.2) is 44.2 Å². The van der Waals surface area contributed by atoms with Crippen molar-refractivity contribution < 1.29 is 14.3 Å². The maximum atomic E-state index is 13.0. The number of ether oxygens (including phenoxy) is 2. The van der Waals surface area contributed by atoms with Crippen LogP contribution in [0.2, 0.25) is 0 Å². The molecule has 0 N–H and O–H groups in total. The van der Waals surface area contributed by atoms with E-state index >= 15 is 0 Å². The SMILES string of the molecule is CCCCN1CCC(c2ccccc2)=C(C(=O)OCCc2ccc(OC)cc2)C1. The number of benzene rings is 2. The van der Waals surface area contributed by atoms with E-state index in [0.717, 1.165) is 60.4 Å². The van der Waals surface area contributed by atoms with E-state index in [4.69, 9.17) is 9.47 Å². The van der Waals surface area contributed by atoms with Gasteiger partial charge in [0.1, 0.15) is 5.75 Å². The number of methoxy groups -OCH3 is 1. The van der Waals surface area contributed by atoms with Gasteiger partial charge in [0, 0.05) is 19.5 Å². The lowest BCUT2D eigenvalue weighted by Gasteiger charge is -2.30. The third kappa shape index (κ3) is 5.94. The van der Waals surface area contributed by atoms with Crippen molar-refractivity contribution in [2.24, 2.45) is 0 Å². The van der Waals surface area contributed by atoms with Crippen molar-refractivity contribution in [3.8, 4) is 5.75 Å². The maximum Gasteiger partial charge on any atom is 0.335 e. The Morgan fingerprint density at radius 2 is 1.83 bits per heavy atom. The van der Waals surface area contributed by atoms with E-state index < -0.39 is 0 Å².